The zero-order valence-electron chi connectivity index (χ0n) is 19.9. The molecule has 0 aromatic heterocycles. The Labute approximate surface area is 205 Å². The second-order valence-electron chi connectivity index (χ2n) is 10.3. The molecule has 0 saturated heterocycles. The summed E-state index contributed by atoms with van der Waals surface area (Å²) in [5, 5.41) is 0. The Morgan fingerprint density at radius 1 is 0.500 bits per heavy atom. The first kappa shape index (κ1) is 21.9. The fraction of sp³-hybridized carbons (Fsp3) is 0.125. The molecule has 0 N–H and O–H groups in total. The predicted octanol–water partition coefficient (Wildman–Crippen LogP) is 6.85. The average Bonchev–Trinajstić information content (AvgIpc) is 3.52. The van der Waals surface area contributed by atoms with E-state index in [-0.39, 0.29) is 0 Å². The molecule has 0 fully saturated rings. The molecule has 0 spiro atoms. The van der Waals surface area contributed by atoms with E-state index >= 15 is 0 Å². The van der Waals surface area contributed by atoms with Gasteiger partial charge in [0.15, 0.2) is 0 Å². The number of allylic oxidation sites excluding steroid dienone is 2. The monoisotopic (exact) mass is 623 g/mol. The molecule has 4 aromatic carbocycles. The van der Waals surface area contributed by atoms with Crippen LogP contribution in [-0.2, 0) is 17.7 Å². The molecule has 0 bridgehead atoms. The minimum absolute atomic E-state index is 0.463. The summed E-state index contributed by atoms with van der Waals surface area (Å²) in [6.45, 7) is 5.33. The van der Waals surface area contributed by atoms with Gasteiger partial charge in [0, 0.05) is 0 Å². The summed E-state index contributed by atoms with van der Waals surface area (Å²) in [7, 11) is 0. The van der Waals surface area contributed by atoms with E-state index in [9.17, 15) is 0 Å². The van der Waals surface area contributed by atoms with Gasteiger partial charge in [-0.3, -0.25) is 0 Å². The molecule has 2 atom stereocenters. The molecule has 0 saturated carbocycles. The standard InChI is InChI=1S/2C9H7.2C6H5.C2H7Si.Hf/c2*1-2-5-9-7-3-6-8(9)4-1;2*1-2-4-6-5-3-1;1-3-2;/h2*1-7H;2*1-5H;3H,1-2H3;. The van der Waals surface area contributed by atoms with Crippen LogP contribution in [0.3, 0.4) is 0 Å². The van der Waals surface area contributed by atoms with Gasteiger partial charge in [0.2, 0.25) is 0 Å². The van der Waals surface area contributed by atoms with E-state index < -0.39 is 23.7 Å². The quantitative estimate of drug-likeness (QED) is 0.214. The first-order valence-corrected chi connectivity index (χ1v) is 29.3. The third kappa shape index (κ3) is 2.73. The van der Waals surface area contributed by atoms with Gasteiger partial charge in [-0.05, 0) is 0 Å². The van der Waals surface area contributed by atoms with Gasteiger partial charge in [-0.15, -0.1) is 0 Å². The number of hydrogen-bond donors (Lipinski definition) is 0. The van der Waals surface area contributed by atoms with Crippen LogP contribution in [0.5, 0.6) is 0 Å². The molecule has 0 aliphatic heterocycles. The van der Waals surface area contributed by atoms with Crippen molar-refractivity contribution >= 4 is 24.8 Å². The topological polar surface area (TPSA) is 0 Å². The summed E-state index contributed by atoms with van der Waals surface area (Å²) >= 11 is -4.41. The van der Waals surface area contributed by atoms with E-state index in [0.29, 0.717) is 7.35 Å². The molecule has 0 radical (unpaired) electrons. The molecule has 2 heteroatoms. The molecule has 0 nitrogen and oxygen atoms in total. The molecule has 0 heterocycles. The van der Waals surface area contributed by atoms with Crippen LogP contribution in [0, 0.1) is 0 Å². The molecular formula is C32H31HfSi. The van der Waals surface area contributed by atoms with Gasteiger partial charge in [0.25, 0.3) is 0 Å². The molecular weight excluding hydrogens is 591 g/mol. The maximum atomic E-state index is 2.67. The van der Waals surface area contributed by atoms with Crippen molar-refractivity contribution in [3.63, 3.8) is 0 Å². The van der Waals surface area contributed by atoms with E-state index in [4.69, 9.17) is 0 Å². The maximum absolute atomic E-state index is 4.41. The van der Waals surface area contributed by atoms with E-state index in [1.165, 1.54) is 11.1 Å². The average molecular weight is 622 g/mol. The molecule has 34 heavy (non-hydrogen) atoms. The van der Waals surface area contributed by atoms with Gasteiger partial charge < -0.3 is 0 Å². The van der Waals surface area contributed by atoms with E-state index in [1.54, 1.807) is 17.8 Å². The van der Waals surface area contributed by atoms with Crippen LogP contribution in [-0.4, -0.2) is 5.98 Å². The molecule has 6 rings (SSSR count). The van der Waals surface area contributed by atoms with Crippen molar-refractivity contribution in [2.45, 2.75) is 20.4 Å². The van der Waals surface area contributed by atoms with E-state index in [1.807, 2.05) is 0 Å². The summed E-state index contributed by atoms with van der Waals surface area (Å²) in [5.41, 5.74) is 5.91. The van der Waals surface area contributed by atoms with Crippen LogP contribution in [0.15, 0.2) is 121 Å². The Hall–Kier alpha value is -2.55. The third-order valence-corrected chi connectivity index (χ3v) is 74.6. The van der Waals surface area contributed by atoms with E-state index in [2.05, 4.69) is 147 Å². The predicted molar refractivity (Wildman–Crippen MR) is 147 cm³/mol. The van der Waals surface area contributed by atoms with Crippen LogP contribution in [0.1, 0.15) is 29.6 Å². The number of benzene rings is 4. The fourth-order valence-corrected chi connectivity index (χ4v) is 73.1. The third-order valence-electron chi connectivity index (χ3n) is 9.02. The van der Waals surface area contributed by atoms with Crippen LogP contribution in [0.4, 0.5) is 0 Å². The Balaban J connectivity index is 1.84. The summed E-state index contributed by atoms with van der Waals surface area (Å²) in [5.74, 6) is -1.32. The zero-order valence-corrected chi connectivity index (χ0v) is 24.7. The van der Waals surface area contributed by atoms with Crippen molar-refractivity contribution in [1.29, 1.82) is 0 Å². The molecule has 2 aliphatic carbocycles. The Morgan fingerprint density at radius 3 is 1.29 bits per heavy atom. The molecule has 4 aromatic rings. The summed E-state index contributed by atoms with van der Waals surface area (Å²) < 4.78 is 4.24. The Morgan fingerprint density at radius 2 is 0.882 bits per heavy atom. The van der Waals surface area contributed by atoms with Gasteiger partial charge in [-0.25, -0.2) is 0 Å². The Kier molecular flexibility index (Phi) is 5.35. The molecule has 2 aliphatic rings. The van der Waals surface area contributed by atoms with Crippen LogP contribution in [0.2, 0.25) is 13.1 Å². The second kappa shape index (κ2) is 8.29. The summed E-state index contributed by atoms with van der Waals surface area (Å²) in [6, 6.07) is 41.9. The molecule has 2 unspecified atom stereocenters. The van der Waals surface area contributed by atoms with Crippen molar-refractivity contribution in [2.24, 2.45) is 0 Å². The molecule has 0 amide bonds. The van der Waals surface area contributed by atoms with Crippen LogP contribution < -0.4 is 6.64 Å². The zero-order chi connectivity index (χ0) is 23.2. The first-order chi connectivity index (χ1) is 16.7. The van der Waals surface area contributed by atoms with Crippen molar-refractivity contribution < 1.29 is 17.7 Å². The summed E-state index contributed by atoms with van der Waals surface area (Å²) in [4.78, 5) is 0. The molecule has 167 valence electrons. The number of hydrogen-bond acceptors (Lipinski definition) is 0. The first-order valence-electron chi connectivity index (χ1n) is 12.5. The van der Waals surface area contributed by atoms with Gasteiger partial charge in [0.1, 0.15) is 0 Å². The van der Waals surface area contributed by atoms with Crippen molar-refractivity contribution in [3.8, 4) is 0 Å². The van der Waals surface area contributed by atoms with E-state index in [0.717, 1.165) is 0 Å². The van der Waals surface area contributed by atoms with Crippen LogP contribution >= 0.6 is 0 Å². The minimum atomic E-state index is -4.41. The van der Waals surface area contributed by atoms with Gasteiger partial charge in [0.05, 0.1) is 0 Å². The SMILES string of the molecule is C[SiH](C)[Hf]([c]1ccccc1)([c]1ccccc1)([CH]1C=Cc2ccccc21)[CH]1C=Cc2ccccc21. The Bertz CT molecular complexity index is 1300. The van der Waals surface area contributed by atoms with Crippen molar-refractivity contribution in [3.05, 3.63) is 144 Å². The fourth-order valence-electron chi connectivity index (χ4n) is 7.67. The van der Waals surface area contributed by atoms with Gasteiger partial charge in [-0.2, -0.15) is 0 Å². The second-order valence-corrected chi connectivity index (χ2v) is 54.6. The number of rotatable bonds is 5. The van der Waals surface area contributed by atoms with Crippen molar-refractivity contribution in [2.75, 3.05) is 0 Å². The normalized spacial score (nSPS) is 19.6. The van der Waals surface area contributed by atoms with Crippen molar-refractivity contribution in [1.82, 2.24) is 0 Å². The van der Waals surface area contributed by atoms with Gasteiger partial charge in [-0.1, -0.05) is 0 Å². The summed E-state index contributed by atoms with van der Waals surface area (Å²) in [6.07, 6.45) is 10.1. The number of fused-ring (bicyclic) bond motifs is 2. The van der Waals surface area contributed by atoms with Crippen LogP contribution in [0.25, 0.3) is 12.2 Å². The van der Waals surface area contributed by atoms with Gasteiger partial charge >= 0.3 is 206 Å².